The molecule has 0 fully saturated rings. The van der Waals surface area contributed by atoms with Crippen molar-refractivity contribution in [2.75, 3.05) is 0 Å². The maximum Gasteiger partial charge on any atom is 0.331 e. The molecule has 0 bridgehead atoms. The maximum absolute atomic E-state index is 12.4. The number of cyclic esters (lactones) is 1. The Kier molecular flexibility index (Phi) is 4.73. The summed E-state index contributed by atoms with van der Waals surface area (Å²) < 4.78 is 10.7. The van der Waals surface area contributed by atoms with Crippen molar-refractivity contribution >= 4 is 11.9 Å². The van der Waals surface area contributed by atoms with Gasteiger partial charge in [0.2, 0.25) is 0 Å². The third-order valence-corrected chi connectivity index (χ3v) is 4.50. The fraction of sp³-hybridized carbons (Fsp3) is 0.500. The van der Waals surface area contributed by atoms with E-state index in [0.717, 1.165) is 5.56 Å². The highest BCUT2D eigenvalue weighted by Crippen LogP contribution is 2.41. The summed E-state index contributed by atoms with van der Waals surface area (Å²) in [5.74, 6) is -1.05. The van der Waals surface area contributed by atoms with Crippen LogP contribution in [-0.4, -0.2) is 22.6 Å². The second-order valence-electron chi connectivity index (χ2n) is 8.48. The van der Waals surface area contributed by atoms with E-state index in [2.05, 4.69) is 0 Å². The highest BCUT2D eigenvalue weighted by molar-refractivity contribution is 5.87. The van der Waals surface area contributed by atoms with Crippen LogP contribution in [0.4, 0.5) is 0 Å². The lowest BCUT2D eigenvalue weighted by Crippen LogP contribution is -2.44. The number of aromatic hydroxyl groups is 1. The molecule has 25 heavy (non-hydrogen) atoms. The summed E-state index contributed by atoms with van der Waals surface area (Å²) >= 11 is 0. The van der Waals surface area contributed by atoms with Gasteiger partial charge in [0.25, 0.3) is 0 Å². The van der Waals surface area contributed by atoms with Gasteiger partial charge >= 0.3 is 11.9 Å². The topological polar surface area (TPSA) is 72.8 Å². The van der Waals surface area contributed by atoms with E-state index in [1.54, 1.807) is 18.2 Å². The van der Waals surface area contributed by atoms with Gasteiger partial charge in [0.1, 0.15) is 5.60 Å². The number of phenols is 1. The van der Waals surface area contributed by atoms with Gasteiger partial charge in [-0.15, -0.1) is 0 Å². The van der Waals surface area contributed by atoms with Crippen molar-refractivity contribution < 1.29 is 24.2 Å². The Balaban J connectivity index is 2.17. The summed E-state index contributed by atoms with van der Waals surface area (Å²) in [6.45, 7) is 11.8. The molecule has 0 radical (unpaired) electrons. The standard InChI is InChI=1S/C20H26O5/c1-18(2,3)13-7-8-15(14(21)11-13)24-17(23)12-20(19(4,5)6)10-9-16(22)25-20/h7-11,21H,12H2,1-6H3. The van der Waals surface area contributed by atoms with Gasteiger partial charge in [-0.2, -0.15) is 0 Å². The van der Waals surface area contributed by atoms with Gasteiger partial charge in [-0.25, -0.2) is 4.79 Å². The zero-order valence-electron chi connectivity index (χ0n) is 15.7. The van der Waals surface area contributed by atoms with E-state index in [-0.39, 0.29) is 23.3 Å². The first-order valence-corrected chi connectivity index (χ1v) is 8.30. The molecule has 1 aromatic rings. The molecule has 1 heterocycles. The van der Waals surface area contributed by atoms with Crippen LogP contribution < -0.4 is 4.74 Å². The molecule has 0 spiro atoms. The molecule has 2 rings (SSSR count). The summed E-state index contributed by atoms with van der Waals surface area (Å²) in [7, 11) is 0. The number of esters is 2. The van der Waals surface area contributed by atoms with Crippen LogP contribution in [0.2, 0.25) is 0 Å². The summed E-state index contributed by atoms with van der Waals surface area (Å²) in [6.07, 6.45) is 2.81. The SMILES string of the molecule is CC(C)(C)c1ccc(OC(=O)CC2(C(C)(C)C)C=CC(=O)O2)c(O)c1. The Morgan fingerprint density at radius 2 is 1.84 bits per heavy atom. The molecule has 1 aliphatic heterocycles. The van der Waals surface area contributed by atoms with Crippen LogP contribution in [0.3, 0.4) is 0 Å². The van der Waals surface area contributed by atoms with E-state index < -0.39 is 23.0 Å². The summed E-state index contributed by atoms with van der Waals surface area (Å²) in [6, 6.07) is 4.99. The van der Waals surface area contributed by atoms with E-state index in [1.807, 2.05) is 47.6 Å². The molecule has 1 unspecified atom stereocenters. The number of hydrogen-bond donors (Lipinski definition) is 1. The van der Waals surface area contributed by atoms with Crippen molar-refractivity contribution in [2.45, 2.75) is 59.0 Å². The normalized spacial score (nSPS) is 20.5. The Morgan fingerprint density at radius 3 is 2.28 bits per heavy atom. The first-order valence-electron chi connectivity index (χ1n) is 8.30. The molecule has 0 saturated carbocycles. The first kappa shape index (κ1) is 19.0. The predicted octanol–water partition coefficient (Wildman–Crippen LogP) is 3.88. The van der Waals surface area contributed by atoms with Crippen molar-refractivity contribution in [1.29, 1.82) is 0 Å². The molecular formula is C20H26O5. The minimum atomic E-state index is -1.05. The van der Waals surface area contributed by atoms with Crippen LogP contribution >= 0.6 is 0 Å². The minimum absolute atomic E-state index is 0.0929. The second-order valence-corrected chi connectivity index (χ2v) is 8.48. The van der Waals surface area contributed by atoms with Crippen LogP contribution in [-0.2, 0) is 19.7 Å². The second kappa shape index (κ2) is 6.21. The summed E-state index contributed by atoms with van der Waals surface area (Å²) in [4.78, 5) is 23.9. The third kappa shape index (κ3) is 4.03. The molecule has 5 heteroatoms. The number of carbonyl (C=O) groups is 2. The van der Waals surface area contributed by atoms with Crippen molar-refractivity contribution in [1.82, 2.24) is 0 Å². The summed E-state index contributed by atoms with van der Waals surface area (Å²) in [5.41, 5.74) is -0.725. The fourth-order valence-corrected chi connectivity index (χ4v) is 2.66. The van der Waals surface area contributed by atoms with Crippen LogP contribution in [0.1, 0.15) is 53.5 Å². The van der Waals surface area contributed by atoms with Gasteiger partial charge in [-0.3, -0.25) is 4.79 Å². The van der Waals surface area contributed by atoms with Crippen LogP contribution in [0.15, 0.2) is 30.4 Å². The number of carbonyl (C=O) groups excluding carboxylic acids is 2. The molecule has 1 N–H and O–H groups in total. The van der Waals surface area contributed by atoms with Gasteiger partial charge in [-0.1, -0.05) is 47.6 Å². The van der Waals surface area contributed by atoms with Gasteiger partial charge in [0.15, 0.2) is 11.5 Å². The Morgan fingerprint density at radius 1 is 1.20 bits per heavy atom. The molecule has 1 aliphatic rings. The third-order valence-electron chi connectivity index (χ3n) is 4.50. The predicted molar refractivity (Wildman–Crippen MR) is 94.5 cm³/mol. The highest BCUT2D eigenvalue weighted by atomic mass is 16.6. The first-order chi connectivity index (χ1) is 11.3. The zero-order valence-corrected chi connectivity index (χ0v) is 15.7. The minimum Gasteiger partial charge on any atom is -0.504 e. The Labute approximate surface area is 148 Å². The van der Waals surface area contributed by atoms with Gasteiger partial charge in [0, 0.05) is 11.5 Å². The number of rotatable bonds is 3. The molecular weight excluding hydrogens is 320 g/mol. The molecule has 0 aliphatic carbocycles. The van der Waals surface area contributed by atoms with Gasteiger partial charge < -0.3 is 14.6 Å². The highest BCUT2D eigenvalue weighted by Gasteiger charge is 2.48. The lowest BCUT2D eigenvalue weighted by Gasteiger charge is -2.38. The van der Waals surface area contributed by atoms with E-state index in [4.69, 9.17) is 9.47 Å². The molecule has 0 aromatic heterocycles. The average molecular weight is 346 g/mol. The molecule has 0 amide bonds. The van der Waals surface area contributed by atoms with E-state index in [9.17, 15) is 14.7 Å². The van der Waals surface area contributed by atoms with E-state index in [0.29, 0.717) is 0 Å². The van der Waals surface area contributed by atoms with Crippen LogP contribution in [0.25, 0.3) is 0 Å². The number of hydrogen-bond acceptors (Lipinski definition) is 5. The largest absolute Gasteiger partial charge is 0.504 e. The van der Waals surface area contributed by atoms with Gasteiger partial charge in [0.05, 0.1) is 6.42 Å². The summed E-state index contributed by atoms with van der Waals surface area (Å²) in [5, 5.41) is 10.2. The molecule has 1 aromatic carbocycles. The van der Waals surface area contributed by atoms with Crippen LogP contribution in [0, 0.1) is 5.41 Å². The number of ether oxygens (including phenoxy) is 2. The molecule has 5 nitrogen and oxygen atoms in total. The van der Waals surface area contributed by atoms with Crippen molar-refractivity contribution in [3.05, 3.63) is 35.9 Å². The zero-order chi connectivity index (χ0) is 19.0. The molecule has 1 atom stereocenters. The van der Waals surface area contributed by atoms with Gasteiger partial charge in [-0.05, 0) is 29.2 Å². The van der Waals surface area contributed by atoms with E-state index in [1.165, 1.54) is 6.08 Å². The van der Waals surface area contributed by atoms with Crippen molar-refractivity contribution in [3.8, 4) is 11.5 Å². The quantitative estimate of drug-likeness (QED) is 0.664. The van der Waals surface area contributed by atoms with Crippen molar-refractivity contribution in [3.63, 3.8) is 0 Å². The Hall–Kier alpha value is -2.30. The number of benzene rings is 1. The molecule has 136 valence electrons. The lowest BCUT2D eigenvalue weighted by atomic mass is 9.74. The van der Waals surface area contributed by atoms with Crippen molar-refractivity contribution in [2.24, 2.45) is 5.41 Å². The Bertz CT molecular complexity index is 719. The lowest BCUT2D eigenvalue weighted by molar-refractivity contribution is -0.160. The molecule has 0 saturated heterocycles. The number of phenolic OH excluding ortho intramolecular Hbond substituents is 1. The van der Waals surface area contributed by atoms with E-state index >= 15 is 0 Å². The monoisotopic (exact) mass is 346 g/mol. The fourth-order valence-electron chi connectivity index (χ4n) is 2.66. The smallest absolute Gasteiger partial charge is 0.331 e. The average Bonchev–Trinajstić information content (AvgIpc) is 2.82. The van der Waals surface area contributed by atoms with Crippen LogP contribution in [0.5, 0.6) is 11.5 Å². The maximum atomic E-state index is 12.4.